The van der Waals surface area contributed by atoms with Crippen molar-refractivity contribution in [3.05, 3.63) is 88.3 Å². The molecule has 1 amide bonds. The number of amides is 1. The number of benzene rings is 3. The van der Waals surface area contributed by atoms with Crippen LogP contribution in [0.1, 0.15) is 28.8 Å². The molecule has 0 spiro atoms. The van der Waals surface area contributed by atoms with Gasteiger partial charge in [0.05, 0.1) is 23.1 Å². The smallest absolute Gasteiger partial charge is 0.460 e. The molecule has 0 unspecified atom stereocenters. The summed E-state index contributed by atoms with van der Waals surface area (Å²) in [5, 5.41) is 36.4. The van der Waals surface area contributed by atoms with E-state index in [4.69, 9.17) is 4.98 Å². The minimum Gasteiger partial charge on any atom is -0.739 e. The fourth-order valence-corrected chi connectivity index (χ4v) is 4.72. The minimum atomic E-state index is -0.127. The zero-order valence-corrected chi connectivity index (χ0v) is 22.1. The first-order chi connectivity index (χ1) is 18.9. The number of nitrogens with one attached hydrogen (secondary N) is 2. The fraction of sp³-hybridized carbons (Fsp3) is 0.276. The Morgan fingerprint density at radius 1 is 0.897 bits per heavy atom. The van der Waals surface area contributed by atoms with E-state index in [0.29, 0.717) is 33.7 Å². The highest BCUT2D eigenvalue weighted by atomic mass is 16.5. The summed E-state index contributed by atoms with van der Waals surface area (Å²) in [6.45, 7) is 4.65. The summed E-state index contributed by atoms with van der Waals surface area (Å²) in [6, 6.07) is 20.4. The van der Waals surface area contributed by atoms with E-state index >= 15 is 0 Å². The summed E-state index contributed by atoms with van der Waals surface area (Å²) in [6.07, 6.45) is 1.55. The zero-order chi connectivity index (χ0) is 27.4. The normalized spacial score (nSPS) is 11.5. The molecular formula is C29H31N7O3. The Kier molecular flexibility index (Phi) is 7.64. The van der Waals surface area contributed by atoms with Crippen LogP contribution in [0.3, 0.4) is 0 Å². The fourth-order valence-electron chi connectivity index (χ4n) is 4.72. The first-order valence-corrected chi connectivity index (χ1v) is 13.0. The molecule has 0 bridgehead atoms. The quantitative estimate of drug-likeness (QED) is 0.124. The number of hydrogen-bond acceptors (Lipinski definition) is 7. The van der Waals surface area contributed by atoms with Crippen LogP contribution in [0.25, 0.3) is 32.8 Å². The molecular weight excluding hydrogens is 494 g/mol. The molecule has 5 aromatic rings. The highest BCUT2D eigenvalue weighted by Gasteiger charge is 2.19. The van der Waals surface area contributed by atoms with E-state index in [-0.39, 0.29) is 22.9 Å². The molecule has 2 aromatic heterocycles. The molecule has 2 N–H and O–H groups in total. The van der Waals surface area contributed by atoms with Gasteiger partial charge in [-0.1, -0.05) is 42.5 Å². The summed E-state index contributed by atoms with van der Waals surface area (Å²) in [5.41, 5.74) is 3.78. The van der Waals surface area contributed by atoms with Gasteiger partial charge in [-0.25, -0.2) is 9.71 Å². The lowest BCUT2D eigenvalue weighted by Crippen LogP contribution is -2.44. The number of nitrogens with zero attached hydrogens (tertiary/aromatic N) is 5. The Morgan fingerprint density at radius 2 is 1.59 bits per heavy atom. The van der Waals surface area contributed by atoms with Crippen molar-refractivity contribution in [2.24, 2.45) is 0 Å². The van der Waals surface area contributed by atoms with Crippen molar-refractivity contribution in [2.75, 3.05) is 38.5 Å². The highest BCUT2D eigenvalue weighted by molar-refractivity contribution is 6.08. The van der Waals surface area contributed by atoms with E-state index in [1.54, 1.807) is 24.3 Å². The van der Waals surface area contributed by atoms with Crippen LogP contribution in [0.15, 0.2) is 66.7 Å². The molecule has 2 heterocycles. The van der Waals surface area contributed by atoms with Gasteiger partial charge in [-0.3, -0.25) is 10.1 Å². The number of hydrogen-bond donors (Lipinski definition) is 2. The van der Waals surface area contributed by atoms with Gasteiger partial charge in [0.2, 0.25) is 5.10 Å². The Morgan fingerprint density at radius 3 is 2.38 bits per heavy atom. The third-order valence-corrected chi connectivity index (χ3v) is 6.80. The molecule has 0 atom stereocenters. The third-order valence-electron chi connectivity index (χ3n) is 6.80. The van der Waals surface area contributed by atoms with Crippen molar-refractivity contribution in [1.82, 2.24) is 20.3 Å². The number of anilines is 1. The van der Waals surface area contributed by atoms with Crippen LogP contribution in [-0.2, 0) is 0 Å². The molecule has 3 aromatic carbocycles. The molecule has 0 aliphatic carbocycles. The molecule has 39 heavy (non-hydrogen) atoms. The SMILES string of the molecule is Cc1cccc2cc3cccc(C(=O)NCCCN(C)CCCNc4n[n+]([O-])c5ccccc5[n+]4[O-])c3nc12. The standard InChI is InChI=1S/C29H31N7O3/c1-20-9-5-10-21-19-22-11-6-12-23(27(22)32-26(20)21)28(37)30-15-7-17-34(2)18-8-16-31-29-33-36(39)25-14-4-3-13-24(25)35(29)38/h3-6,9-14,19H,7-8,15-18H2,1-2H3,(H,30,37)(H,31,33). The predicted octanol–water partition coefficient (Wildman–Crippen LogP) is 3.07. The second kappa shape index (κ2) is 11.4. The minimum absolute atomic E-state index is 0.0138. The maximum Gasteiger partial charge on any atom is 0.460 e. The maximum absolute atomic E-state index is 13.0. The van der Waals surface area contributed by atoms with Crippen LogP contribution in [0.5, 0.6) is 0 Å². The lowest BCUT2D eigenvalue weighted by molar-refractivity contribution is -0.672. The van der Waals surface area contributed by atoms with Crippen molar-refractivity contribution in [1.29, 1.82) is 0 Å². The number of pyridine rings is 1. The van der Waals surface area contributed by atoms with Gasteiger partial charge in [-0.15, -0.1) is 0 Å². The largest absolute Gasteiger partial charge is 0.739 e. The maximum atomic E-state index is 13.0. The van der Waals surface area contributed by atoms with Gasteiger partial charge >= 0.3 is 5.95 Å². The molecule has 5 rings (SSSR count). The second-order valence-corrected chi connectivity index (χ2v) is 9.68. The molecule has 0 fully saturated rings. The Balaban J connectivity index is 1.08. The summed E-state index contributed by atoms with van der Waals surface area (Å²) >= 11 is 0. The Bertz CT molecular complexity index is 1660. The summed E-state index contributed by atoms with van der Waals surface area (Å²) in [7, 11) is 2.01. The van der Waals surface area contributed by atoms with Crippen LogP contribution in [0, 0.1) is 17.3 Å². The number of carbonyl (C=O) groups excluding carboxylic acids is 1. The number of fused-ring (bicyclic) bond motifs is 3. The van der Waals surface area contributed by atoms with Crippen LogP contribution in [0.2, 0.25) is 0 Å². The van der Waals surface area contributed by atoms with Gasteiger partial charge in [-0.05, 0) is 57.1 Å². The highest BCUT2D eigenvalue weighted by Crippen LogP contribution is 2.24. The van der Waals surface area contributed by atoms with Gasteiger partial charge in [0, 0.05) is 34.8 Å². The first kappa shape index (κ1) is 26.1. The number of rotatable bonds is 10. The molecule has 0 aliphatic heterocycles. The topological polar surface area (TPSA) is 124 Å². The van der Waals surface area contributed by atoms with Crippen LogP contribution in [0.4, 0.5) is 5.95 Å². The molecule has 0 aliphatic rings. The number of aryl methyl sites for hydroxylation is 1. The van der Waals surface area contributed by atoms with Gasteiger partial charge in [0.1, 0.15) is 0 Å². The lowest BCUT2D eigenvalue weighted by atomic mass is 10.0. The number of aromatic nitrogens is 4. The van der Waals surface area contributed by atoms with Gasteiger partial charge < -0.3 is 20.6 Å². The van der Waals surface area contributed by atoms with Crippen LogP contribution < -0.4 is 20.2 Å². The van der Waals surface area contributed by atoms with Crippen molar-refractivity contribution in [2.45, 2.75) is 19.8 Å². The average molecular weight is 526 g/mol. The first-order valence-electron chi connectivity index (χ1n) is 13.0. The summed E-state index contributed by atoms with van der Waals surface area (Å²) in [4.78, 5) is 20.4. The second-order valence-electron chi connectivity index (χ2n) is 9.68. The molecule has 10 nitrogen and oxygen atoms in total. The van der Waals surface area contributed by atoms with Gasteiger partial charge in [0.25, 0.3) is 11.4 Å². The zero-order valence-electron chi connectivity index (χ0n) is 22.1. The lowest BCUT2D eigenvalue weighted by Gasteiger charge is -2.16. The average Bonchev–Trinajstić information content (AvgIpc) is 2.95. The number of carbonyl (C=O) groups is 1. The molecule has 0 saturated heterocycles. The van der Waals surface area contributed by atoms with Crippen molar-refractivity contribution in [3.63, 3.8) is 0 Å². The van der Waals surface area contributed by atoms with Crippen molar-refractivity contribution < 1.29 is 14.4 Å². The molecule has 0 saturated carbocycles. The third kappa shape index (κ3) is 5.65. The predicted molar refractivity (Wildman–Crippen MR) is 151 cm³/mol. The van der Waals surface area contributed by atoms with Crippen molar-refractivity contribution in [3.8, 4) is 0 Å². The van der Waals surface area contributed by atoms with E-state index in [1.807, 2.05) is 50.4 Å². The van der Waals surface area contributed by atoms with Crippen LogP contribution in [-0.4, -0.2) is 54.1 Å². The summed E-state index contributed by atoms with van der Waals surface area (Å²) < 4.78 is 0.644. The van der Waals surface area contributed by atoms with Gasteiger partial charge in [0.15, 0.2) is 5.52 Å². The van der Waals surface area contributed by atoms with E-state index in [2.05, 4.69) is 26.7 Å². The molecule has 200 valence electrons. The summed E-state index contributed by atoms with van der Waals surface area (Å²) in [5.74, 6) is -0.141. The monoisotopic (exact) mass is 525 g/mol. The Labute approximate surface area is 226 Å². The molecule has 10 heteroatoms. The number of para-hydroxylation sites is 4. The van der Waals surface area contributed by atoms with E-state index in [0.717, 1.165) is 47.8 Å². The van der Waals surface area contributed by atoms with Crippen molar-refractivity contribution >= 4 is 44.7 Å². The van der Waals surface area contributed by atoms with Gasteiger partial charge in [-0.2, -0.15) is 0 Å². The van der Waals surface area contributed by atoms with E-state index in [1.165, 1.54) is 0 Å². The van der Waals surface area contributed by atoms with Crippen LogP contribution >= 0.6 is 0 Å². The Hall–Kier alpha value is -4.57. The molecule has 0 radical (unpaired) electrons. The van der Waals surface area contributed by atoms with E-state index < -0.39 is 0 Å². The van der Waals surface area contributed by atoms with E-state index in [9.17, 15) is 15.2 Å².